The molecule has 0 radical (unpaired) electrons. The number of nitrogens with zero attached hydrogens (tertiary/aromatic N) is 2. The summed E-state index contributed by atoms with van der Waals surface area (Å²) in [7, 11) is 0. The van der Waals surface area contributed by atoms with E-state index in [9.17, 15) is 9.90 Å². The number of hydrogen-bond acceptors (Lipinski definition) is 6. The molecule has 0 amide bonds. The highest BCUT2D eigenvalue weighted by Crippen LogP contribution is 2.23. The van der Waals surface area contributed by atoms with E-state index in [2.05, 4.69) is 10.1 Å². The molecule has 0 aliphatic rings. The van der Waals surface area contributed by atoms with E-state index in [1.54, 1.807) is 0 Å². The van der Waals surface area contributed by atoms with E-state index in [4.69, 9.17) is 20.9 Å². The number of rotatable bonds is 4. The van der Waals surface area contributed by atoms with Gasteiger partial charge >= 0.3 is 5.97 Å². The van der Waals surface area contributed by atoms with Gasteiger partial charge in [0.25, 0.3) is 5.89 Å². The number of aromatic nitrogens is 2. The molecule has 1 aromatic heterocycles. The third-order valence-corrected chi connectivity index (χ3v) is 3.51. The van der Waals surface area contributed by atoms with Gasteiger partial charge in [-0.05, 0) is 37.3 Å². The zero-order chi connectivity index (χ0) is 17.1. The lowest BCUT2D eigenvalue weighted by atomic mass is 10.1. The minimum atomic E-state index is -0.725. The molecule has 3 rings (SSSR count). The van der Waals surface area contributed by atoms with E-state index in [1.165, 1.54) is 18.2 Å². The Kier molecular flexibility index (Phi) is 4.48. The lowest BCUT2D eigenvalue weighted by Crippen LogP contribution is -2.06. The minimum Gasteiger partial charge on any atom is -0.507 e. The summed E-state index contributed by atoms with van der Waals surface area (Å²) >= 11 is 5.80. The van der Waals surface area contributed by atoms with Crippen LogP contribution in [-0.2, 0) is 11.3 Å². The molecule has 6 nitrogen and oxygen atoms in total. The summed E-state index contributed by atoms with van der Waals surface area (Å²) in [4.78, 5) is 16.2. The van der Waals surface area contributed by atoms with Crippen LogP contribution in [0.2, 0.25) is 5.02 Å². The van der Waals surface area contributed by atoms with Crippen molar-refractivity contribution < 1.29 is 19.2 Å². The quantitative estimate of drug-likeness (QED) is 0.725. The van der Waals surface area contributed by atoms with Crippen molar-refractivity contribution in [2.75, 3.05) is 0 Å². The number of phenolic OH excluding ortho intramolecular Hbond substituents is 1. The number of halogens is 1. The average molecular weight is 345 g/mol. The maximum absolute atomic E-state index is 12.0. The number of carbonyl (C=O) groups is 1. The van der Waals surface area contributed by atoms with Crippen molar-refractivity contribution in [3.63, 3.8) is 0 Å². The maximum atomic E-state index is 12.0. The van der Waals surface area contributed by atoms with Gasteiger partial charge in [0.15, 0.2) is 6.61 Å². The fourth-order valence-corrected chi connectivity index (χ4v) is 2.18. The van der Waals surface area contributed by atoms with Gasteiger partial charge in [-0.3, -0.25) is 0 Å². The van der Waals surface area contributed by atoms with E-state index < -0.39 is 5.97 Å². The third-order valence-electron chi connectivity index (χ3n) is 3.28. The van der Waals surface area contributed by atoms with Gasteiger partial charge < -0.3 is 14.4 Å². The Bertz CT molecular complexity index is 875. The van der Waals surface area contributed by atoms with Crippen LogP contribution < -0.4 is 0 Å². The molecular weight excluding hydrogens is 332 g/mol. The second-order valence-corrected chi connectivity index (χ2v) is 5.56. The van der Waals surface area contributed by atoms with E-state index in [0.29, 0.717) is 10.9 Å². The Hall–Kier alpha value is -2.86. The molecule has 122 valence electrons. The first-order valence-electron chi connectivity index (χ1n) is 7.08. The van der Waals surface area contributed by atoms with E-state index in [-0.39, 0.29) is 23.7 Å². The molecule has 0 saturated heterocycles. The number of carbonyl (C=O) groups excluding carboxylic acids is 1. The van der Waals surface area contributed by atoms with Crippen molar-refractivity contribution in [2.45, 2.75) is 13.5 Å². The first-order chi connectivity index (χ1) is 11.5. The molecule has 1 heterocycles. The van der Waals surface area contributed by atoms with E-state index >= 15 is 0 Å². The van der Waals surface area contributed by atoms with E-state index in [1.807, 2.05) is 31.2 Å². The Morgan fingerprint density at radius 1 is 1.25 bits per heavy atom. The summed E-state index contributed by atoms with van der Waals surface area (Å²) in [5, 5.41) is 13.8. The standard InChI is InChI=1S/C17H13ClN2O4/c1-10-2-4-11(5-3-10)16-19-15(20-24-16)9-23-17(22)13-8-12(18)6-7-14(13)21/h2-8,21H,9H2,1H3. The Morgan fingerprint density at radius 3 is 2.75 bits per heavy atom. The lowest BCUT2D eigenvalue weighted by Gasteiger charge is -2.04. The number of phenols is 1. The van der Waals surface area contributed by atoms with Crippen molar-refractivity contribution in [1.29, 1.82) is 0 Å². The molecule has 0 unspecified atom stereocenters. The van der Waals surface area contributed by atoms with Gasteiger partial charge in [-0.15, -0.1) is 0 Å². The lowest BCUT2D eigenvalue weighted by molar-refractivity contribution is 0.0456. The Morgan fingerprint density at radius 2 is 2.00 bits per heavy atom. The number of hydrogen-bond donors (Lipinski definition) is 1. The van der Waals surface area contributed by atoms with Gasteiger partial charge in [0.2, 0.25) is 5.82 Å². The summed E-state index contributed by atoms with van der Waals surface area (Å²) in [5.41, 5.74) is 1.87. The Labute approximate surface area is 142 Å². The van der Waals surface area contributed by atoms with Crippen molar-refractivity contribution in [3.05, 3.63) is 64.4 Å². The van der Waals surface area contributed by atoms with Crippen molar-refractivity contribution in [3.8, 4) is 17.2 Å². The van der Waals surface area contributed by atoms with Crippen LogP contribution in [0.5, 0.6) is 5.75 Å². The molecule has 0 fully saturated rings. The molecule has 0 saturated carbocycles. The van der Waals surface area contributed by atoms with Crippen LogP contribution in [0, 0.1) is 6.92 Å². The van der Waals surface area contributed by atoms with Gasteiger partial charge in [0, 0.05) is 10.6 Å². The average Bonchev–Trinajstić information content (AvgIpc) is 3.04. The SMILES string of the molecule is Cc1ccc(-c2nc(COC(=O)c3cc(Cl)ccc3O)no2)cc1. The van der Waals surface area contributed by atoms with Crippen molar-refractivity contribution in [1.82, 2.24) is 10.1 Å². The molecule has 24 heavy (non-hydrogen) atoms. The molecule has 2 aromatic carbocycles. The number of esters is 1. The number of aromatic hydroxyl groups is 1. The summed E-state index contributed by atoms with van der Waals surface area (Å²) in [5.74, 6) is -0.373. The van der Waals surface area contributed by atoms with Gasteiger partial charge in [-0.2, -0.15) is 4.98 Å². The fourth-order valence-electron chi connectivity index (χ4n) is 2.01. The highest BCUT2D eigenvalue weighted by Gasteiger charge is 2.15. The number of benzene rings is 2. The summed E-state index contributed by atoms with van der Waals surface area (Å²) in [6.07, 6.45) is 0. The zero-order valence-corrected chi connectivity index (χ0v) is 13.4. The third kappa shape index (κ3) is 3.55. The van der Waals surface area contributed by atoms with Crippen LogP contribution >= 0.6 is 11.6 Å². The van der Waals surface area contributed by atoms with Crippen LogP contribution in [0.15, 0.2) is 47.0 Å². The maximum Gasteiger partial charge on any atom is 0.342 e. The monoisotopic (exact) mass is 344 g/mol. The topological polar surface area (TPSA) is 85.5 Å². The van der Waals surface area contributed by atoms with Crippen LogP contribution in [0.25, 0.3) is 11.5 Å². The molecule has 0 atom stereocenters. The smallest absolute Gasteiger partial charge is 0.342 e. The summed E-state index contributed by atoms with van der Waals surface area (Å²) in [6, 6.07) is 11.7. The predicted molar refractivity (Wildman–Crippen MR) is 86.7 cm³/mol. The van der Waals surface area contributed by atoms with Crippen LogP contribution in [0.1, 0.15) is 21.7 Å². The fraction of sp³-hybridized carbons (Fsp3) is 0.118. The first-order valence-corrected chi connectivity index (χ1v) is 7.46. The second-order valence-electron chi connectivity index (χ2n) is 5.12. The largest absolute Gasteiger partial charge is 0.507 e. The molecule has 0 aliphatic heterocycles. The van der Waals surface area contributed by atoms with Crippen molar-refractivity contribution >= 4 is 17.6 Å². The molecule has 7 heteroatoms. The van der Waals surface area contributed by atoms with Crippen LogP contribution in [0.4, 0.5) is 0 Å². The molecule has 0 bridgehead atoms. The van der Waals surface area contributed by atoms with Gasteiger partial charge in [-0.1, -0.05) is 34.5 Å². The highest BCUT2D eigenvalue weighted by atomic mass is 35.5. The normalized spacial score (nSPS) is 10.6. The van der Waals surface area contributed by atoms with Gasteiger partial charge in [0.05, 0.1) is 0 Å². The highest BCUT2D eigenvalue weighted by molar-refractivity contribution is 6.31. The molecular formula is C17H13ClN2O4. The predicted octanol–water partition coefficient (Wildman–Crippen LogP) is 3.76. The van der Waals surface area contributed by atoms with Crippen molar-refractivity contribution in [2.24, 2.45) is 0 Å². The van der Waals surface area contributed by atoms with Gasteiger partial charge in [-0.25, -0.2) is 4.79 Å². The zero-order valence-electron chi connectivity index (χ0n) is 12.7. The number of ether oxygens (including phenoxy) is 1. The van der Waals surface area contributed by atoms with Crippen LogP contribution in [0.3, 0.4) is 0 Å². The van der Waals surface area contributed by atoms with E-state index in [0.717, 1.165) is 11.1 Å². The summed E-state index contributed by atoms with van der Waals surface area (Å²) < 4.78 is 10.2. The minimum absolute atomic E-state index is 0.0234. The van der Waals surface area contributed by atoms with Crippen LogP contribution in [-0.4, -0.2) is 21.2 Å². The van der Waals surface area contributed by atoms with Gasteiger partial charge in [0.1, 0.15) is 11.3 Å². The first kappa shape index (κ1) is 16.0. The molecule has 1 N–H and O–H groups in total. The summed E-state index contributed by atoms with van der Waals surface area (Å²) in [6.45, 7) is 1.80. The number of aryl methyl sites for hydroxylation is 1. The molecule has 0 aliphatic carbocycles. The molecule has 0 spiro atoms. The molecule has 3 aromatic rings. The Balaban J connectivity index is 1.68. The second kappa shape index (κ2) is 6.72.